The van der Waals surface area contributed by atoms with Gasteiger partial charge in [-0.3, -0.25) is 4.79 Å². The first kappa shape index (κ1) is 16.8. The summed E-state index contributed by atoms with van der Waals surface area (Å²) in [4.78, 5) is 27.5. The molecule has 1 spiro atoms. The maximum Gasteiger partial charge on any atom is 0.335 e. The number of nitrogens with one attached hydrogen (secondary N) is 1. The summed E-state index contributed by atoms with van der Waals surface area (Å²) >= 11 is 0. The first-order valence-electron chi connectivity index (χ1n) is 9.65. The maximum absolute atomic E-state index is 12.8. The number of fused-ring (bicyclic) bond motifs is 1. The first-order valence-corrected chi connectivity index (χ1v) is 9.65. The summed E-state index contributed by atoms with van der Waals surface area (Å²) in [6.07, 6.45) is 1.22. The normalized spacial score (nSPS) is 36.1. The number of esters is 1. The van der Waals surface area contributed by atoms with Crippen LogP contribution in [0, 0.1) is 5.41 Å². The second-order valence-corrected chi connectivity index (χ2v) is 8.21. The molecule has 1 amide bonds. The number of aliphatic hydroxyl groups excluding tert-OH is 1. The lowest BCUT2D eigenvalue weighted by atomic mass is 9.52. The van der Waals surface area contributed by atoms with Gasteiger partial charge in [-0.15, -0.1) is 0 Å². The monoisotopic (exact) mass is 368 g/mol. The van der Waals surface area contributed by atoms with E-state index >= 15 is 0 Å². The minimum atomic E-state index is -0.764. The van der Waals surface area contributed by atoms with Gasteiger partial charge >= 0.3 is 5.97 Å². The Kier molecular flexibility index (Phi) is 3.33. The highest BCUT2D eigenvalue weighted by molar-refractivity contribution is 5.94. The van der Waals surface area contributed by atoms with E-state index in [1.807, 2.05) is 23.1 Å². The van der Waals surface area contributed by atoms with E-state index in [-0.39, 0.29) is 24.3 Å². The van der Waals surface area contributed by atoms with Crippen LogP contribution < -0.4 is 5.32 Å². The zero-order valence-electron chi connectivity index (χ0n) is 15.6. The molecule has 4 atom stereocenters. The Labute approximate surface area is 158 Å². The van der Waals surface area contributed by atoms with Crippen LogP contribution in [0.4, 0.5) is 5.69 Å². The summed E-state index contributed by atoms with van der Waals surface area (Å²) < 4.78 is 5.13. The predicted molar refractivity (Wildman–Crippen MR) is 98.9 cm³/mol. The minimum Gasteiger partial charge on any atom is -0.466 e. The molecule has 27 heavy (non-hydrogen) atoms. The van der Waals surface area contributed by atoms with Crippen molar-refractivity contribution in [1.82, 2.24) is 4.90 Å². The molecule has 0 bridgehead atoms. The van der Waals surface area contributed by atoms with E-state index in [1.165, 1.54) is 7.11 Å². The fourth-order valence-electron chi connectivity index (χ4n) is 6.30. The maximum atomic E-state index is 12.8. The van der Waals surface area contributed by atoms with Crippen LogP contribution in [0.1, 0.15) is 38.2 Å². The average molecular weight is 368 g/mol. The van der Waals surface area contributed by atoms with Crippen molar-refractivity contribution < 1.29 is 19.4 Å². The van der Waals surface area contributed by atoms with Gasteiger partial charge in [0.2, 0.25) is 5.91 Å². The Morgan fingerprint density at radius 1 is 1.41 bits per heavy atom. The molecule has 4 aliphatic rings. The van der Waals surface area contributed by atoms with E-state index in [1.54, 1.807) is 0 Å². The van der Waals surface area contributed by atoms with Gasteiger partial charge in [-0.1, -0.05) is 25.1 Å². The fraction of sp³-hybridized carbons (Fsp3) is 0.524. The molecule has 1 aromatic rings. The molecule has 6 heteroatoms. The highest BCUT2D eigenvalue weighted by atomic mass is 16.5. The van der Waals surface area contributed by atoms with Crippen molar-refractivity contribution in [3.05, 3.63) is 41.1 Å². The summed E-state index contributed by atoms with van der Waals surface area (Å²) in [6, 6.07) is 7.93. The number of piperidine rings is 1. The number of anilines is 1. The molecule has 5 rings (SSSR count). The summed E-state index contributed by atoms with van der Waals surface area (Å²) in [5.74, 6) is -0.336. The van der Waals surface area contributed by atoms with Gasteiger partial charge in [-0.25, -0.2) is 4.79 Å². The van der Waals surface area contributed by atoms with Gasteiger partial charge in [0, 0.05) is 23.3 Å². The Morgan fingerprint density at radius 2 is 2.19 bits per heavy atom. The van der Waals surface area contributed by atoms with Gasteiger partial charge in [-0.2, -0.15) is 0 Å². The third-order valence-electron chi connectivity index (χ3n) is 7.43. The number of benzene rings is 1. The number of aliphatic hydroxyl groups is 1. The van der Waals surface area contributed by atoms with E-state index in [0.717, 1.165) is 23.4 Å². The number of para-hydroxylation sites is 1. The number of rotatable bonds is 2. The molecule has 1 aliphatic carbocycles. The quantitative estimate of drug-likeness (QED) is 0.780. The Bertz CT molecular complexity index is 894. The lowest BCUT2D eigenvalue weighted by molar-refractivity contribution is -0.158. The van der Waals surface area contributed by atoms with Crippen LogP contribution in [0.3, 0.4) is 0 Å². The molecule has 1 aromatic carbocycles. The van der Waals surface area contributed by atoms with Gasteiger partial charge in [0.25, 0.3) is 0 Å². The van der Waals surface area contributed by atoms with E-state index in [9.17, 15) is 14.7 Å². The average Bonchev–Trinajstić information content (AvgIpc) is 3.24. The molecule has 142 valence electrons. The van der Waals surface area contributed by atoms with E-state index in [0.29, 0.717) is 25.0 Å². The van der Waals surface area contributed by atoms with Crippen molar-refractivity contribution in [2.75, 3.05) is 19.0 Å². The predicted octanol–water partition coefficient (Wildman–Crippen LogP) is 1.94. The molecular formula is C21H24N2O4. The van der Waals surface area contributed by atoms with Gasteiger partial charge < -0.3 is 20.1 Å². The van der Waals surface area contributed by atoms with E-state index < -0.39 is 16.9 Å². The lowest BCUT2D eigenvalue weighted by Gasteiger charge is -2.57. The Balaban J connectivity index is 1.84. The van der Waals surface area contributed by atoms with Crippen molar-refractivity contribution in [1.29, 1.82) is 0 Å². The fourth-order valence-corrected chi connectivity index (χ4v) is 6.30. The number of hydrogen-bond donors (Lipinski definition) is 2. The minimum absolute atomic E-state index is 0.0127. The van der Waals surface area contributed by atoms with E-state index in [4.69, 9.17) is 4.74 Å². The number of ether oxygens (including phenoxy) is 1. The first-order chi connectivity index (χ1) is 13.0. The van der Waals surface area contributed by atoms with Crippen LogP contribution in [-0.4, -0.2) is 47.7 Å². The van der Waals surface area contributed by atoms with Crippen LogP contribution in [0.5, 0.6) is 0 Å². The van der Waals surface area contributed by atoms with Gasteiger partial charge in [0.1, 0.15) is 0 Å². The summed E-state index contributed by atoms with van der Waals surface area (Å²) in [5, 5.41) is 14.6. The number of amides is 1. The number of carbonyl (C=O) groups excluding carboxylic acids is 2. The Hall–Kier alpha value is -2.34. The van der Waals surface area contributed by atoms with Crippen molar-refractivity contribution in [2.24, 2.45) is 5.41 Å². The highest BCUT2D eigenvalue weighted by Gasteiger charge is 2.69. The number of hydrogen-bond acceptors (Lipinski definition) is 5. The van der Waals surface area contributed by atoms with E-state index in [2.05, 4.69) is 18.3 Å². The number of nitrogens with zero attached hydrogens (tertiary/aromatic N) is 1. The largest absolute Gasteiger partial charge is 0.466 e. The summed E-state index contributed by atoms with van der Waals surface area (Å²) in [5.41, 5.74) is 2.56. The van der Waals surface area contributed by atoms with Crippen LogP contribution in [0.15, 0.2) is 35.5 Å². The number of carbonyl (C=O) groups is 2. The standard InChI is InChI=1S/C21H24N2O4/c1-3-20-11-12(18(26)27-2)17-21(13-6-4-5-7-14(13)22-17)8-9-23(19(20)21)16(25)10-15(20)24/h4-7,15,19,22,24H,3,8-11H2,1-2H3/t15-,19-,20+,21-/m1/s1. The summed E-state index contributed by atoms with van der Waals surface area (Å²) in [6.45, 7) is 2.70. The zero-order chi connectivity index (χ0) is 19.0. The van der Waals surface area contributed by atoms with Gasteiger partial charge in [0.15, 0.2) is 0 Å². The molecule has 2 N–H and O–H groups in total. The second-order valence-electron chi connectivity index (χ2n) is 8.21. The second kappa shape index (κ2) is 5.35. The van der Waals surface area contributed by atoms with Crippen molar-refractivity contribution in [3.63, 3.8) is 0 Å². The third-order valence-corrected chi connectivity index (χ3v) is 7.43. The van der Waals surface area contributed by atoms with Gasteiger partial charge in [-0.05, 0) is 30.9 Å². The molecule has 6 nitrogen and oxygen atoms in total. The van der Waals surface area contributed by atoms with Crippen LogP contribution in [0.2, 0.25) is 0 Å². The molecule has 0 radical (unpaired) electrons. The Morgan fingerprint density at radius 3 is 2.93 bits per heavy atom. The van der Waals surface area contributed by atoms with Crippen LogP contribution >= 0.6 is 0 Å². The lowest BCUT2D eigenvalue weighted by Crippen LogP contribution is -2.66. The highest BCUT2D eigenvalue weighted by Crippen LogP contribution is 2.65. The smallest absolute Gasteiger partial charge is 0.335 e. The molecule has 3 heterocycles. The number of methoxy groups -OCH3 is 1. The molecule has 3 aliphatic heterocycles. The molecule has 0 unspecified atom stereocenters. The van der Waals surface area contributed by atoms with Crippen LogP contribution in [-0.2, 0) is 19.7 Å². The zero-order valence-corrected chi connectivity index (χ0v) is 15.6. The van der Waals surface area contributed by atoms with Crippen LogP contribution in [0.25, 0.3) is 0 Å². The molecule has 0 saturated carbocycles. The molecular weight excluding hydrogens is 344 g/mol. The topological polar surface area (TPSA) is 78.9 Å². The molecule has 2 fully saturated rings. The molecule has 0 aromatic heterocycles. The third kappa shape index (κ3) is 1.79. The van der Waals surface area contributed by atoms with Crippen molar-refractivity contribution in [2.45, 2.75) is 50.2 Å². The SMILES string of the molecule is CC[C@]12CC(C(=O)OC)=C3Nc4ccccc4[C@]34CCN(C(=O)C[C@H]1O)[C@H]24. The molecule has 2 saturated heterocycles. The van der Waals surface area contributed by atoms with Crippen molar-refractivity contribution >= 4 is 17.6 Å². The van der Waals surface area contributed by atoms with Crippen molar-refractivity contribution in [3.8, 4) is 0 Å². The summed E-state index contributed by atoms with van der Waals surface area (Å²) in [7, 11) is 1.40. The van der Waals surface area contributed by atoms with Gasteiger partial charge in [0.05, 0.1) is 36.7 Å².